The minimum absolute atomic E-state index is 0.184. The van der Waals surface area contributed by atoms with Crippen LogP contribution in [0.1, 0.15) is 23.2 Å². The fourth-order valence-corrected chi connectivity index (χ4v) is 3.10. The molecule has 2 aromatic carbocycles. The van der Waals surface area contributed by atoms with Crippen LogP contribution in [0.5, 0.6) is 11.5 Å². The minimum Gasteiger partial charge on any atom is -0.454 e. The summed E-state index contributed by atoms with van der Waals surface area (Å²) < 4.78 is 11.3. The summed E-state index contributed by atoms with van der Waals surface area (Å²) in [5, 5.41) is 2.82. The van der Waals surface area contributed by atoms with E-state index in [9.17, 15) is 9.59 Å². The lowest BCUT2D eigenvalue weighted by Crippen LogP contribution is -2.27. The number of amides is 2. The van der Waals surface area contributed by atoms with E-state index in [1.807, 2.05) is 24.3 Å². The molecule has 2 aliphatic rings. The fraction of sp³-hybridized carbons (Fsp3) is 0.263. The van der Waals surface area contributed by atoms with Gasteiger partial charge >= 0.3 is 0 Å². The highest BCUT2D eigenvalue weighted by Gasteiger charge is 2.27. The highest BCUT2D eigenvalue weighted by molar-refractivity contribution is 6.10. The summed E-state index contributed by atoms with van der Waals surface area (Å²) in [7, 11) is 1.71. The average Bonchev–Trinajstić information content (AvgIpc) is 3.14. The van der Waals surface area contributed by atoms with E-state index in [-0.39, 0.29) is 11.8 Å². The molecule has 25 heavy (non-hydrogen) atoms. The largest absolute Gasteiger partial charge is 0.454 e. The van der Waals surface area contributed by atoms with Crippen molar-refractivity contribution >= 4 is 23.2 Å². The molecule has 2 aromatic rings. The van der Waals surface area contributed by atoms with E-state index in [0.29, 0.717) is 35.0 Å². The van der Waals surface area contributed by atoms with Gasteiger partial charge in [-0.2, -0.15) is 0 Å². The van der Waals surface area contributed by atoms with Crippen molar-refractivity contribution in [3.8, 4) is 11.5 Å². The van der Waals surface area contributed by atoms with Gasteiger partial charge in [-0.3, -0.25) is 9.59 Å². The van der Waals surface area contributed by atoms with Crippen molar-refractivity contribution in [2.45, 2.75) is 18.9 Å². The first-order chi connectivity index (χ1) is 12.1. The van der Waals surface area contributed by atoms with Crippen molar-refractivity contribution in [3.05, 3.63) is 48.0 Å². The predicted octanol–water partition coefficient (Wildman–Crippen LogP) is 3.19. The highest BCUT2D eigenvalue weighted by atomic mass is 16.5. The van der Waals surface area contributed by atoms with Crippen LogP contribution in [0.3, 0.4) is 0 Å². The van der Waals surface area contributed by atoms with E-state index in [0.717, 1.165) is 12.8 Å². The molecule has 1 N–H and O–H groups in total. The number of ether oxygens (including phenoxy) is 2. The zero-order valence-corrected chi connectivity index (χ0v) is 13.8. The lowest BCUT2D eigenvalue weighted by Gasteiger charge is -2.16. The highest BCUT2D eigenvalue weighted by Crippen LogP contribution is 2.38. The first-order valence-corrected chi connectivity index (χ1v) is 8.25. The number of anilines is 2. The number of carbonyl (C=O) groups excluding carboxylic acids is 2. The van der Waals surface area contributed by atoms with E-state index in [2.05, 4.69) is 5.32 Å². The number of carbonyl (C=O) groups is 2. The molecule has 0 bridgehead atoms. The Balaban J connectivity index is 1.64. The third kappa shape index (κ3) is 2.85. The lowest BCUT2D eigenvalue weighted by molar-refractivity contribution is -0.124. The molecule has 6 nitrogen and oxygen atoms in total. The average molecular weight is 338 g/mol. The van der Waals surface area contributed by atoms with Gasteiger partial charge in [-0.25, -0.2) is 0 Å². The van der Waals surface area contributed by atoms with Crippen molar-refractivity contribution in [1.29, 1.82) is 0 Å². The van der Waals surface area contributed by atoms with Gasteiger partial charge in [0.2, 0.25) is 0 Å². The second-order valence-corrected chi connectivity index (χ2v) is 6.14. The number of fused-ring (bicyclic) bond motifs is 2. The predicted molar refractivity (Wildman–Crippen MR) is 93.3 cm³/mol. The lowest BCUT2D eigenvalue weighted by atomic mass is 10.1. The van der Waals surface area contributed by atoms with Crippen molar-refractivity contribution < 1.29 is 19.1 Å². The monoisotopic (exact) mass is 338 g/mol. The maximum absolute atomic E-state index is 12.8. The second kappa shape index (κ2) is 6.22. The first-order valence-electron chi connectivity index (χ1n) is 8.25. The fourth-order valence-electron chi connectivity index (χ4n) is 3.10. The standard InChI is InChI=1S/C19H18N2O4/c1-21-14-5-2-3-6-16(14)25-15-9-8-12(11-13(15)19(21)23)20-18(22)17-7-4-10-24-17/h2-3,5-6,8-9,11,17H,4,7,10H2,1H3,(H,20,22). The van der Waals surface area contributed by atoms with E-state index < -0.39 is 6.10 Å². The Bertz CT molecular complexity index is 843. The van der Waals surface area contributed by atoms with E-state index >= 15 is 0 Å². The van der Waals surface area contributed by atoms with Gasteiger partial charge in [-0.05, 0) is 43.2 Å². The van der Waals surface area contributed by atoms with Crippen LogP contribution < -0.4 is 15.0 Å². The zero-order valence-electron chi connectivity index (χ0n) is 13.8. The molecule has 1 atom stereocenters. The molecule has 2 aliphatic heterocycles. The van der Waals surface area contributed by atoms with Crippen molar-refractivity contribution in [1.82, 2.24) is 0 Å². The molecule has 0 aliphatic carbocycles. The maximum Gasteiger partial charge on any atom is 0.261 e. The summed E-state index contributed by atoms with van der Waals surface area (Å²) in [5.41, 5.74) is 1.66. The molecule has 1 saturated heterocycles. The Morgan fingerprint density at radius 2 is 2.04 bits per heavy atom. The van der Waals surface area contributed by atoms with Crippen LogP contribution in [-0.2, 0) is 9.53 Å². The summed E-state index contributed by atoms with van der Waals surface area (Å²) in [6.07, 6.45) is 1.19. The summed E-state index contributed by atoms with van der Waals surface area (Å²) in [5.74, 6) is 0.717. The molecular weight excluding hydrogens is 320 g/mol. The normalized spacial score (nSPS) is 18.8. The quantitative estimate of drug-likeness (QED) is 0.913. The summed E-state index contributed by atoms with van der Waals surface area (Å²) in [6.45, 7) is 0.609. The number of hydrogen-bond acceptors (Lipinski definition) is 4. The van der Waals surface area contributed by atoms with Crippen LogP contribution >= 0.6 is 0 Å². The van der Waals surface area contributed by atoms with Gasteiger partial charge in [0, 0.05) is 19.3 Å². The van der Waals surface area contributed by atoms with Gasteiger partial charge in [0.25, 0.3) is 11.8 Å². The van der Waals surface area contributed by atoms with E-state index in [1.54, 1.807) is 30.1 Å². The molecule has 1 unspecified atom stereocenters. The Kier molecular flexibility index (Phi) is 3.89. The van der Waals surface area contributed by atoms with Gasteiger partial charge in [-0.15, -0.1) is 0 Å². The van der Waals surface area contributed by atoms with Crippen LogP contribution in [-0.4, -0.2) is 31.6 Å². The Hall–Kier alpha value is -2.86. The molecular formula is C19H18N2O4. The molecule has 0 aromatic heterocycles. The molecule has 0 saturated carbocycles. The van der Waals surface area contributed by atoms with E-state index in [1.165, 1.54) is 0 Å². The number of para-hydroxylation sites is 2. The molecule has 0 radical (unpaired) electrons. The van der Waals surface area contributed by atoms with Crippen LogP contribution in [0.25, 0.3) is 0 Å². The van der Waals surface area contributed by atoms with Crippen molar-refractivity contribution in [2.24, 2.45) is 0 Å². The molecule has 6 heteroatoms. The van der Waals surface area contributed by atoms with Crippen LogP contribution in [0, 0.1) is 0 Å². The third-order valence-corrected chi connectivity index (χ3v) is 4.45. The van der Waals surface area contributed by atoms with Crippen LogP contribution in [0.4, 0.5) is 11.4 Å². The first kappa shape index (κ1) is 15.7. The molecule has 1 fully saturated rings. The maximum atomic E-state index is 12.8. The van der Waals surface area contributed by atoms with Gasteiger partial charge in [-0.1, -0.05) is 12.1 Å². The van der Waals surface area contributed by atoms with Crippen LogP contribution in [0.2, 0.25) is 0 Å². The van der Waals surface area contributed by atoms with Gasteiger partial charge in [0.15, 0.2) is 5.75 Å². The Morgan fingerprint density at radius 1 is 1.20 bits per heavy atom. The van der Waals surface area contributed by atoms with Gasteiger partial charge < -0.3 is 19.7 Å². The molecule has 2 heterocycles. The number of nitrogens with one attached hydrogen (secondary N) is 1. The summed E-state index contributed by atoms with van der Waals surface area (Å²) in [4.78, 5) is 26.6. The smallest absolute Gasteiger partial charge is 0.261 e. The molecule has 0 spiro atoms. The third-order valence-electron chi connectivity index (χ3n) is 4.45. The zero-order chi connectivity index (χ0) is 17.4. The van der Waals surface area contributed by atoms with Gasteiger partial charge in [0.05, 0.1) is 11.3 Å². The number of rotatable bonds is 2. The molecule has 128 valence electrons. The Morgan fingerprint density at radius 3 is 2.84 bits per heavy atom. The summed E-state index contributed by atoms with van der Waals surface area (Å²) >= 11 is 0. The van der Waals surface area contributed by atoms with Crippen molar-refractivity contribution in [2.75, 3.05) is 23.9 Å². The number of nitrogens with zero attached hydrogens (tertiary/aromatic N) is 1. The minimum atomic E-state index is -0.419. The Labute approximate surface area is 145 Å². The second-order valence-electron chi connectivity index (χ2n) is 6.14. The van der Waals surface area contributed by atoms with Crippen LogP contribution in [0.15, 0.2) is 42.5 Å². The number of hydrogen-bond donors (Lipinski definition) is 1. The van der Waals surface area contributed by atoms with E-state index in [4.69, 9.17) is 9.47 Å². The molecule has 2 amide bonds. The number of benzene rings is 2. The van der Waals surface area contributed by atoms with Crippen molar-refractivity contribution in [3.63, 3.8) is 0 Å². The summed E-state index contributed by atoms with van der Waals surface area (Å²) in [6, 6.07) is 12.4. The topological polar surface area (TPSA) is 67.9 Å². The SMILES string of the molecule is CN1C(=O)c2cc(NC(=O)C3CCCO3)ccc2Oc2ccccc21. The molecule has 4 rings (SSSR count). The van der Waals surface area contributed by atoms with Gasteiger partial charge in [0.1, 0.15) is 11.9 Å².